The molecule has 0 radical (unpaired) electrons. The Bertz CT molecular complexity index is 536. The highest BCUT2D eigenvalue weighted by molar-refractivity contribution is 6.35. The minimum absolute atomic E-state index is 0.119. The Labute approximate surface area is 90.4 Å². The van der Waals surface area contributed by atoms with Crippen molar-refractivity contribution >= 4 is 17.5 Å². The summed E-state index contributed by atoms with van der Waals surface area (Å²) in [5.74, 6) is -0.143. The van der Waals surface area contributed by atoms with Gasteiger partial charge in [-0.2, -0.15) is 4.99 Å². The molecule has 16 heavy (non-hydrogen) atoms. The Morgan fingerprint density at radius 1 is 1.44 bits per heavy atom. The Morgan fingerprint density at radius 2 is 2.25 bits per heavy atom. The number of carboxylic acids is 1. The van der Waals surface area contributed by atoms with Crippen LogP contribution in [-0.4, -0.2) is 16.9 Å². The van der Waals surface area contributed by atoms with E-state index in [1.807, 2.05) is 18.2 Å². The van der Waals surface area contributed by atoms with Crippen LogP contribution in [0.5, 0.6) is 5.75 Å². The number of hydrazine groups is 1. The number of amidine groups is 1. The third kappa shape index (κ3) is 1.13. The van der Waals surface area contributed by atoms with Crippen LogP contribution in [0.4, 0.5) is 5.69 Å². The van der Waals surface area contributed by atoms with Crippen molar-refractivity contribution in [2.24, 2.45) is 4.99 Å². The van der Waals surface area contributed by atoms with Crippen molar-refractivity contribution < 1.29 is 14.6 Å². The van der Waals surface area contributed by atoms with Crippen LogP contribution in [0, 0.1) is 0 Å². The number of hydrogen-bond donors (Lipinski definition) is 2. The summed E-state index contributed by atoms with van der Waals surface area (Å²) in [6.45, 7) is 0. The van der Waals surface area contributed by atoms with Gasteiger partial charge in [0.25, 0.3) is 0 Å². The molecular formula is C10H7N3O3. The van der Waals surface area contributed by atoms with E-state index in [4.69, 9.17) is 9.84 Å². The van der Waals surface area contributed by atoms with Gasteiger partial charge in [0.2, 0.25) is 5.84 Å². The normalized spacial score (nSPS) is 16.4. The number of benzene rings is 1. The molecule has 1 aromatic carbocycles. The molecule has 0 aliphatic carbocycles. The molecule has 2 N–H and O–H groups in total. The number of ether oxygens (including phenoxy) is 1. The largest absolute Gasteiger partial charge is 0.475 e. The first-order valence-electron chi connectivity index (χ1n) is 4.60. The van der Waals surface area contributed by atoms with Crippen molar-refractivity contribution in [2.75, 3.05) is 5.01 Å². The molecule has 0 fully saturated rings. The number of aliphatic carboxylic acids is 1. The van der Waals surface area contributed by atoms with Crippen LogP contribution in [0.3, 0.4) is 0 Å². The molecule has 2 aliphatic rings. The summed E-state index contributed by atoms with van der Waals surface area (Å²) in [6, 6.07) is 7.29. The number of nitrogens with zero attached hydrogens (tertiary/aromatic N) is 2. The number of carboxylic acid groups (broad SMARTS) is 1. The van der Waals surface area contributed by atoms with Gasteiger partial charge in [0.15, 0.2) is 11.6 Å². The molecule has 3 rings (SSSR count). The monoisotopic (exact) mass is 217 g/mol. The van der Waals surface area contributed by atoms with E-state index in [0.29, 0.717) is 11.6 Å². The molecule has 0 spiro atoms. The number of aliphatic imine (C=N–C) groups is 1. The van der Waals surface area contributed by atoms with Gasteiger partial charge in [0.05, 0.1) is 0 Å². The lowest BCUT2D eigenvalue weighted by atomic mass is 10.2. The van der Waals surface area contributed by atoms with Crippen LogP contribution in [0.2, 0.25) is 0 Å². The third-order valence-electron chi connectivity index (χ3n) is 2.27. The molecule has 2 aliphatic heterocycles. The molecule has 0 atom stereocenters. The Morgan fingerprint density at radius 3 is 3.06 bits per heavy atom. The minimum Gasteiger partial charge on any atom is -0.475 e. The molecule has 0 aromatic heterocycles. The fourth-order valence-electron chi connectivity index (χ4n) is 1.57. The number of rotatable bonds is 1. The maximum absolute atomic E-state index is 10.8. The highest BCUT2D eigenvalue weighted by atomic mass is 16.5. The fraction of sp³-hybridized carbons (Fsp3) is 0. The van der Waals surface area contributed by atoms with E-state index in [0.717, 1.165) is 5.69 Å². The second-order valence-corrected chi connectivity index (χ2v) is 3.27. The Kier molecular flexibility index (Phi) is 1.64. The summed E-state index contributed by atoms with van der Waals surface area (Å²) in [5, 5.41) is 10.4. The average Bonchev–Trinajstić information content (AvgIpc) is 2.73. The molecule has 6 heteroatoms. The molecule has 0 unspecified atom stereocenters. The van der Waals surface area contributed by atoms with Crippen molar-refractivity contribution in [3.63, 3.8) is 0 Å². The molecule has 0 saturated heterocycles. The second kappa shape index (κ2) is 2.99. The van der Waals surface area contributed by atoms with E-state index in [1.165, 1.54) is 6.26 Å². The van der Waals surface area contributed by atoms with Crippen LogP contribution in [0.25, 0.3) is 0 Å². The van der Waals surface area contributed by atoms with Gasteiger partial charge in [-0.3, -0.25) is 5.43 Å². The fourth-order valence-corrected chi connectivity index (χ4v) is 1.57. The van der Waals surface area contributed by atoms with Crippen LogP contribution in [-0.2, 0) is 4.79 Å². The zero-order valence-electron chi connectivity index (χ0n) is 8.04. The number of nitrogens with one attached hydrogen (secondary N) is 1. The van der Waals surface area contributed by atoms with E-state index >= 15 is 0 Å². The van der Waals surface area contributed by atoms with Gasteiger partial charge in [-0.25, -0.2) is 9.80 Å². The van der Waals surface area contributed by atoms with Gasteiger partial charge in [-0.15, -0.1) is 0 Å². The standard InChI is InChI=1S/C10H7N3O3/c14-10(15)9-11-8-5-16-7-4-2-1-3-6(7)13(8)12-9/h1-5H,(H,11,12)(H,14,15). The van der Waals surface area contributed by atoms with Gasteiger partial charge in [-0.05, 0) is 12.1 Å². The van der Waals surface area contributed by atoms with Gasteiger partial charge in [-0.1, -0.05) is 12.1 Å². The molecule has 1 aromatic rings. The summed E-state index contributed by atoms with van der Waals surface area (Å²) < 4.78 is 5.32. The first kappa shape index (κ1) is 8.78. The first-order chi connectivity index (χ1) is 7.75. The predicted octanol–water partition coefficient (Wildman–Crippen LogP) is 0.686. The van der Waals surface area contributed by atoms with Crippen molar-refractivity contribution in [1.82, 2.24) is 5.43 Å². The summed E-state index contributed by atoms with van der Waals surface area (Å²) >= 11 is 0. The van der Waals surface area contributed by atoms with Crippen molar-refractivity contribution in [3.8, 4) is 5.75 Å². The lowest BCUT2D eigenvalue weighted by Gasteiger charge is -2.24. The van der Waals surface area contributed by atoms with Gasteiger partial charge in [0.1, 0.15) is 11.9 Å². The second-order valence-electron chi connectivity index (χ2n) is 3.27. The van der Waals surface area contributed by atoms with E-state index in [-0.39, 0.29) is 5.84 Å². The number of fused-ring (bicyclic) bond motifs is 3. The van der Waals surface area contributed by atoms with E-state index in [2.05, 4.69) is 10.4 Å². The van der Waals surface area contributed by atoms with Gasteiger partial charge < -0.3 is 9.84 Å². The van der Waals surface area contributed by atoms with Crippen LogP contribution < -0.4 is 15.2 Å². The van der Waals surface area contributed by atoms with Crippen LogP contribution in [0.1, 0.15) is 0 Å². The number of para-hydroxylation sites is 2. The van der Waals surface area contributed by atoms with E-state index < -0.39 is 5.97 Å². The lowest BCUT2D eigenvalue weighted by Crippen LogP contribution is -2.39. The molecule has 0 amide bonds. The SMILES string of the molecule is O=C(O)C1=NC2=COc3ccccc3N2N1. The molecule has 2 heterocycles. The van der Waals surface area contributed by atoms with Crippen LogP contribution >= 0.6 is 0 Å². The maximum Gasteiger partial charge on any atom is 0.373 e. The zero-order chi connectivity index (χ0) is 11.1. The maximum atomic E-state index is 10.8. The average molecular weight is 217 g/mol. The zero-order valence-corrected chi connectivity index (χ0v) is 8.04. The number of carbonyl (C=O) groups is 1. The Balaban J connectivity index is 2.03. The number of hydrogen-bond acceptors (Lipinski definition) is 5. The smallest absolute Gasteiger partial charge is 0.373 e. The quantitative estimate of drug-likeness (QED) is 0.723. The van der Waals surface area contributed by atoms with E-state index in [9.17, 15) is 4.79 Å². The highest BCUT2D eigenvalue weighted by Gasteiger charge is 2.30. The van der Waals surface area contributed by atoms with Crippen molar-refractivity contribution in [2.45, 2.75) is 0 Å². The summed E-state index contributed by atoms with van der Waals surface area (Å²) in [4.78, 5) is 14.6. The highest BCUT2D eigenvalue weighted by Crippen LogP contribution is 2.34. The van der Waals surface area contributed by atoms with Crippen molar-refractivity contribution in [1.29, 1.82) is 0 Å². The van der Waals surface area contributed by atoms with Crippen LogP contribution in [0.15, 0.2) is 41.3 Å². The lowest BCUT2D eigenvalue weighted by molar-refractivity contribution is -0.129. The third-order valence-corrected chi connectivity index (χ3v) is 2.27. The first-order valence-corrected chi connectivity index (χ1v) is 4.60. The van der Waals surface area contributed by atoms with Gasteiger partial charge >= 0.3 is 5.97 Å². The molecular weight excluding hydrogens is 210 g/mol. The molecule has 0 saturated carbocycles. The van der Waals surface area contributed by atoms with Crippen molar-refractivity contribution in [3.05, 3.63) is 36.3 Å². The minimum atomic E-state index is -1.10. The predicted molar refractivity (Wildman–Crippen MR) is 55.8 cm³/mol. The molecule has 0 bridgehead atoms. The molecule has 6 nitrogen and oxygen atoms in total. The summed E-state index contributed by atoms with van der Waals surface area (Å²) in [7, 11) is 0. The Hall–Kier alpha value is -2.50. The topological polar surface area (TPSA) is 74.2 Å². The summed E-state index contributed by atoms with van der Waals surface area (Å²) in [5.41, 5.74) is 3.42. The van der Waals surface area contributed by atoms with E-state index in [1.54, 1.807) is 11.1 Å². The molecule has 80 valence electrons. The van der Waals surface area contributed by atoms with Gasteiger partial charge in [0, 0.05) is 0 Å². The number of anilines is 1. The summed E-state index contributed by atoms with van der Waals surface area (Å²) in [6.07, 6.45) is 1.41.